The van der Waals surface area contributed by atoms with Crippen LogP contribution < -0.4 is 11.1 Å². The van der Waals surface area contributed by atoms with Crippen LogP contribution in [-0.4, -0.2) is 5.91 Å². The highest BCUT2D eigenvalue weighted by molar-refractivity contribution is 6.33. The van der Waals surface area contributed by atoms with Gasteiger partial charge in [0.25, 0.3) is 0 Å². The Hall–Kier alpha value is -1.84. The summed E-state index contributed by atoms with van der Waals surface area (Å²) < 4.78 is 0. The van der Waals surface area contributed by atoms with E-state index in [1.807, 2.05) is 43.3 Å². The highest BCUT2D eigenvalue weighted by Gasteiger charge is 2.16. The van der Waals surface area contributed by atoms with Gasteiger partial charge < -0.3 is 11.1 Å². The fraction of sp³-hybridized carbons (Fsp3) is 0.133. The number of rotatable bonds is 3. The molecule has 0 radical (unpaired) electrons. The van der Waals surface area contributed by atoms with Gasteiger partial charge >= 0.3 is 0 Å². The highest BCUT2D eigenvalue weighted by Crippen LogP contribution is 2.23. The molecule has 0 aliphatic heterocycles. The number of carbonyl (C=O) groups is 1. The van der Waals surface area contributed by atoms with Gasteiger partial charge in [0.15, 0.2) is 0 Å². The molecule has 3 N–H and O–H groups in total. The number of carbonyl (C=O) groups excluding carboxylic acids is 1. The van der Waals surface area contributed by atoms with E-state index < -0.39 is 6.04 Å². The first-order chi connectivity index (χ1) is 9.08. The summed E-state index contributed by atoms with van der Waals surface area (Å²) >= 11 is 6.07. The normalized spacial score (nSPS) is 11.9. The topological polar surface area (TPSA) is 55.1 Å². The van der Waals surface area contributed by atoms with Crippen LogP contribution in [0, 0.1) is 6.92 Å². The largest absolute Gasteiger partial charge is 0.323 e. The Kier molecular flexibility index (Phi) is 4.20. The molecule has 98 valence electrons. The van der Waals surface area contributed by atoms with Crippen molar-refractivity contribution in [1.29, 1.82) is 0 Å². The van der Waals surface area contributed by atoms with Gasteiger partial charge in [-0.25, -0.2) is 0 Å². The van der Waals surface area contributed by atoms with Crippen LogP contribution in [0.1, 0.15) is 17.2 Å². The lowest BCUT2D eigenvalue weighted by molar-refractivity contribution is -0.117. The SMILES string of the molecule is Cc1ccc(NC(=O)[C@H](N)c2ccccc2)c(Cl)c1. The predicted molar refractivity (Wildman–Crippen MR) is 78.2 cm³/mol. The number of nitrogens with one attached hydrogen (secondary N) is 1. The Morgan fingerprint density at radius 3 is 2.53 bits per heavy atom. The van der Waals surface area contributed by atoms with E-state index in [0.29, 0.717) is 10.7 Å². The predicted octanol–water partition coefficient (Wildman–Crippen LogP) is 3.29. The number of aryl methyl sites for hydroxylation is 1. The minimum atomic E-state index is -0.710. The fourth-order valence-electron chi connectivity index (χ4n) is 1.74. The quantitative estimate of drug-likeness (QED) is 0.902. The molecule has 0 saturated carbocycles. The Morgan fingerprint density at radius 1 is 1.21 bits per heavy atom. The molecule has 0 fully saturated rings. The van der Waals surface area contributed by atoms with Crippen LogP contribution in [0.4, 0.5) is 5.69 Å². The number of amides is 1. The summed E-state index contributed by atoms with van der Waals surface area (Å²) in [6.07, 6.45) is 0. The van der Waals surface area contributed by atoms with Crippen LogP contribution in [0.15, 0.2) is 48.5 Å². The van der Waals surface area contributed by atoms with E-state index in [1.54, 1.807) is 12.1 Å². The van der Waals surface area contributed by atoms with Crippen molar-refractivity contribution in [3.05, 3.63) is 64.7 Å². The van der Waals surface area contributed by atoms with Gasteiger partial charge in [-0.15, -0.1) is 0 Å². The van der Waals surface area contributed by atoms with Crippen molar-refractivity contribution in [2.45, 2.75) is 13.0 Å². The molecule has 0 aliphatic carbocycles. The maximum absolute atomic E-state index is 12.1. The van der Waals surface area contributed by atoms with E-state index in [2.05, 4.69) is 5.32 Å². The number of benzene rings is 2. The van der Waals surface area contributed by atoms with Gasteiger partial charge in [0, 0.05) is 0 Å². The van der Waals surface area contributed by atoms with Crippen molar-refractivity contribution in [2.75, 3.05) is 5.32 Å². The van der Waals surface area contributed by atoms with Crippen molar-refractivity contribution in [3.8, 4) is 0 Å². The van der Waals surface area contributed by atoms with Crippen molar-refractivity contribution in [2.24, 2.45) is 5.73 Å². The van der Waals surface area contributed by atoms with E-state index in [9.17, 15) is 4.79 Å². The molecule has 0 bridgehead atoms. The average Bonchev–Trinajstić information content (AvgIpc) is 2.42. The summed E-state index contributed by atoms with van der Waals surface area (Å²) in [4.78, 5) is 12.1. The Bertz CT molecular complexity index is 584. The lowest BCUT2D eigenvalue weighted by Crippen LogP contribution is -2.27. The number of nitrogens with two attached hydrogens (primary N) is 1. The Labute approximate surface area is 117 Å². The molecule has 4 heteroatoms. The molecule has 0 unspecified atom stereocenters. The van der Waals surface area contributed by atoms with Crippen molar-refractivity contribution in [3.63, 3.8) is 0 Å². The van der Waals surface area contributed by atoms with E-state index >= 15 is 0 Å². The molecule has 3 nitrogen and oxygen atoms in total. The number of anilines is 1. The average molecular weight is 275 g/mol. The molecule has 0 saturated heterocycles. The monoisotopic (exact) mass is 274 g/mol. The second kappa shape index (κ2) is 5.87. The molecule has 2 aromatic rings. The van der Waals surface area contributed by atoms with Crippen LogP contribution in [0.3, 0.4) is 0 Å². The number of hydrogen-bond acceptors (Lipinski definition) is 2. The Morgan fingerprint density at radius 2 is 1.89 bits per heavy atom. The van der Waals surface area contributed by atoms with Crippen molar-refractivity contribution >= 4 is 23.2 Å². The zero-order chi connectivity index (χ0) is 13.8. The van der Waals surface area contributed by atoms with Gasteiger partial charge in [0.05, 0.1) is 10.7 Å². The van der Waals surface area contributed by atoms with Gasteiger partial charge in [0.2, 0.25) is 5.91 Å². The van der Waals surface area contributed by atoms with Gasteiger partial charge in [-0.3, -0.25) is 4.79 Å². The van der Waals surface area contributed by atoms with Crippen LogP contribution in [0.25, 0.3) is 0 Å². The molecule has 0 aliphatic rings. The molecule has 0 spiro atoms. The van der Waals surface area contributed by atoms with Crippen molar-refractivity contribution in [1.82, 2.24) is 0 Å². The molecular weight excluding hydrogens is 260 g/mol. The summed E-state index contributed by atoms with van der Waals surface area (Å²) in [6, 6.07) is 14.0. The lowest BCUT2D eigenvalue weighted by Gasteiger charge is -2.13. The lowest BCUT2D eigenvalue weighted by atomic mass is 10.1. The molecule has 0 aromatic heterocycles. The highest BCUT2D eigenvalue weighted by atomic mass is 35.5. The van der Waals surface area contributed by atoms with Gasteiger partial charge in [-0.2, -0.15) is 0 Å². The third-order valence-corrected chi connectivity index (χ3v) is 3.14. The maximum Gasteiger partial charge on any atom is 0.245 e. The summed E-state index contributed by atoms with van der Waals surface area (Å²) in [6.45, 7) is 1.94. The fourth-order valence-corrected chi connectivity index (χ4v) is 2.03. The summed E-state index contributed by atoms with van der Waals surface area (Å²) in [5, 5.41) is 3.25. The molecule has 1 amide bonds. The van der Waals surface area contributed by atoms with Gasteiger partial charge in [0.1, 0.15) is 6.04 Å². The van der Waals surface area contributed by atoms with Crippen LogP contribution in [-0.2, 0) is 4.79 Å². The van der Waals surface area contributed by atoms with Gasteiger partial charge in [-0.05, 0) is 30.2 Å². The third-order valence-electron chi connectivity index (χ3n) is 2.82. The standard InChI is InChI=1S/C15H15ClN2O/c1-10-7-8-13(12(16)9-10)18-15(19)14(17)11-5-3-2-4-6-11/h2-9,14H,17H2,1H3,(H,18,19)/t14-/m1/s1. The number of halogens is 1. The number of hydrogen-bond donors (Lipinski definition) is 2. The summed E-state index contributed by atoms with van der Waals surface area (Å²) in [7, 11) is 0. The second-order valence-corrected chi connectivity index (χ2v) is 4.77. The first kappa shape index (κ1) is 13.6. The van der Waals surface area contributed by atoms with E-state index in [4.69, 9.17) is 17.3 Å². The molecular formula is C15H15ClN2O. The van der Waals surface area contributed by atoms with Crippen LogP contribution in [0.5, 0.6) is 0 Å². The molecule has 0 heterocycles. The molecule has 19 heavy (non-hydrogen) atoms. The first-order valence-electron chi connectivity index (χ1n) is 5.95. The Balaban J connectivity index is 2.13. The molecule has 1 atom stereocenters. The molecule has 2 rings (SSSR count). The first-order valence-corrected chi connectivity index (χ1v) is 6.33. The maximum atomic E-state index is 12.1. The van der Waals surface area contributed by atoms with Gasteiger partial charge in [-0.1, -0.05) is 48.0 Å². The van der Waals surface area contributed by atoms with Crippen LogP contribution in [0.2, 0.25) is 5.02 Å². The zero-order valence-electron chi connectivity index (χ0n) is 10.6. The second-order valence-electron chi connectivity index (χ2n) is 4.36. The summed E-state index contributed by atoms with van der Waals surface area (Å²) in [5.74, 6) is -0.281. The smallest absolute Gasteiger partial charge is 0.245 e. The minimum Gasteiger partial charge on any atom is -0.323 e. The minimum absolute atomic E-state index is 0.281. The zero-order valence-corrected chi connectivity index (χ0v) is 11.3. The van der Waals surface area contributed by atoms with E-state index in [1.165, 1.54) is 0 Å². The van der Waals surface area contributed by atoms with E-state index in [0.717, 1.165) is 11.1 Å². The summed E-state index contributed by atoms with van der Waals surface area (Å²) in [5.41, 5.74) is 8.29. The van der Waals surface area contributed by atoms with Crippen molar-refractivity contribution < 1.29 is 4.79 Å². The van der Waals surface area contributed by atoms with E-state index in [-0.39, 0.29) is 5.91 Å². The van der Waals surface area contributed by atoms with Crippen LogP contribution >= 0.6 is 11.6 Å². The molecule has 2 aromatic carbocycles. The third kappa shape index (κ3) is 3.34.